The third kappa shape index (κ3) is 3.80. The van der Waals surface area contributed by atoms with Gasteiger partial charge in [0.2, 0.25) is 5.16 Å². The second-order valence-electron chi connectivity index (χ2n) is 6.30. The molecule has 1 aliphatic heterocycles. The van der Waals surface area contributed by atoms with E-state index in [9.17, 15) is 18.0 Å². The minimum Gasteiger partial charge on any atom is -0.435 e. The maximum absolute atomic E-state index is 14.5. The summed E-state index contributed by atoms with van der Waals surface area (Å²) >= 11 is 1.17. The van der Waals surface area contributed by atoms with E-state index in [-0.39, 0.29) is 17.1 Å². The number of thioether (sulfide) groups is 1. The quantitative estimate of drug-likeness (QED) is 0.630. The summed E-state index contributed by atoms with van der Waals surface area (Å²) in [5.74, 6) is -0.218. The van der Waals surface area contributed by atoms with Gasteiger partial charge in [-0.15, -0.1) is 10.2 Å². The van der Waals surface area contributed by atoms with Crippen molar-refractivity contribution in [2.75, 3.05) is 5.43 Å². The molecule has 0 fully saturated rings. The Morgan fingerprint density at radius 3 is 2.59 bits per heavy atom. The topological polar surface area (TPSA) is 69.0 Å². The standard InChI is InChI=1S/C19H15F3N4O2S/c1-10-23-24-19-26(10)25-15(13-4-2-3-5-14(13)20)17(29-19)16(27)11-6-8-12(9-7-11)28-18(21)22/h2-9,15,17-18,25H,1H3/t15-,17+/m1/s1. The van der Waals surface area contributed by atoms with Crippen LogP contribution >= 0.6 is 11.8 Å². The Balaban J connectivity index is 1.69. The van der Waals surface area contributed by atoms with Crippen molar-refractivity contribution in [2.45, 2.75) is 30.0 Å². The number of ketones is 1. The molecule has 0 amide bonds. The van der Waals surface area contributed by atoms with Gasteiger partial charge in [-0.2, -0.15) is 8.78 Å². The number of fused-ring (bicyclic) bond motifs is 1. The average molecular weight is 420 g/mol. The monoisotopic (exact) mass is 420 g/mol. The molecular weight excluding hydrogens is 405 g/mol. The van der Waals surface area contributed by atoms with Gasteiger partial charge in [-0.05, 0) is 37.3 Å². The fourth-order valence-corrected chi connectivity index (χ4v) is 4.28. The van der Waals surface area contributed by atoms with Crippen molar-refractivity contribution in [2.24, 2.45) is 0 Å². The molecule has 0 saturated heterocycles. The summed E-state index contributed by atoms with van der Waals surface area (Å²) in [5, 5.41) is 7.77. The van der Waals surface area contributed by atoms with Gasteiger partial charge in [0.1, 0.15) is 22.6 Å². The Morgan fingerprint density at radius 2 is 1.90 bits per heavy atom. The molecule has 0 unspecified atom stereocenters. The van der Waals surface area contributed by atoms with Crippen LogP contribution in [0.5, 0.6) is 5.75 Å². The highest BCUT2D eigenvalue weighted by atomic mass is 32.2. The number of halogens is 3. The lowest BCUT2D eigenvalue weighted by atomic mass is 9.97. The van der Waals surface area contributed by atoms with Gasteiger partial charge < -0.3 is 10.2 Å². The van der Waals surface area contributed by atoms with E-state index in [2.05, 4.69) is 20.4 Å². The molecule has 0 radical (unpaired) electrons. The van der Waals surface area contributed by atoms with Gasteiger partial charge in [0, 0.05) is 11.1 Å². The number of hydrogen-bond donors (Lipinski definition) is 1. The molecule has 0 bridgehead atoms. The first kappa shape index (κ1) is 19.3. The summed E-state index contributed by atoms with van der Waals surface area (Å²) in [6, 6.07) is 10.9. The third-order valence-electron chi connectivity index (χ3n) is 4.46. The number of aryl methyl sites for hydroxylation is 1. The molecule has 0 saturated carbocycles. The number of nitrogens with one attached hydrogen (secondary N) is 1. The first-order valence-electron chi connectivity index (χ1n) is 8.63. The van der Waals surface area contributed by atoms with E-state index in [0.29, 0.717) is 16.5 Å². The molecule has 3 aromatic rings. The predicted octanol–water partition coefficient (Wildman–Crippen LogP) is 3.97. The highest BCUT2D eigenvalue weighted by Crippen LogP contribution is 2.39. The van der Waals surface area contributed by atoms with Crippen LogP contribution in [-0.4, -0.2) is 32.5 Å². The highest BCUT2D eigenvalue weighted by Gasteiger charge is 2.38. The zero-order valence-corrected chi connectivity index (χ0v) is 15.9. The number of alkyl halides is 2. The fraction of sp³-hybridized carbons (Fsp3) is 0.211. The van der Waals surface area contributed by atoms with Gasteiger partial charge in [-0.1, -0.05) is 30.0 Å². The van der Waals surface area contributed by atoms with E-state index in [0.717, 1.165) is 0 Å². The van der Waals surface area contributed by atoms with Crippen LogP contribution in [0.4, 0.5) is 13.2 Å². The maximum Gasteiger partial charge on any atom is 0.387 e. The molecule has 150 valence electrons. The molecule has 2 heterocycles. The summed E-state index contributed by atoms with van der Waals surface area (Å²) in [6.45, 7) is -1.21. The lowest BCUT2D eigenvalue weighted by Gasteiger charge is -2.33. The van der Waals surface area contributed by atoms with E-state index >= 15 is 0 Å². The Kier molecular flexibility index (Phi) is 5.18. The summed E-state index contributed by atoms with van der Waals surface area (Å²) < 4.78 is 45.1. The minimum atomic E-state index is -2.95. The van der Waals surface area contributed by atoms with E-state index < -0.39 is 23.7 Å². The first-order valence-corrected chi connectivity index (χ1v) is 9.50. The molecule has 2 atom stereocenters. The van der Waals surface area contributed by atoms with Gasteiger partial charge in [-0.25, -0.2) is 9.07 Å². The number of aromatic nitrogens is 3. The van der Waals surface area contributed by atoms with Crippen molar-refractivity contribution in [1.82, 2.24) is 14.9 Å². The molecule has 4 rings (SSSR count). The smallest absolute Gasteiger partial charge is 0.387 e. The Hall–Kier alpha value is -3.01. The number of hydrogen-bond acceptors (Lipinski definition) is 6. The first-order chi connectivity index (χ1) is 13.9. The Labute approximate surface area is 168 Å². The van der Waals surface area contributed by atoms with Crippen molar-refractivity contribution in [3.05, 3.63) is 71.3 Å². The fourth-order valence-electron chi connectivity index (χ4n) is 3.09. The number of ether oxygens (including phenoxy) is 1. The molecule has 6 nitrogen and oxygen atoms in total. The van der Waals surface area contributed by atoms with E-state index in [1.54, 1.807) is 29.8 Å². The molecule has 2 aromatic carbocycles. The van der Waals surface area contributed by atoms with Gasteiger partial charge in [-0.3, -0.25) is 4.79 Å². The number of benzene rings is 2. The lowest BCUT2D eigenvalue weighted by molar-refractivity contribution is -0.0498. The highest BCUT2D eigenvalue weighted by molar-refractivity contribution is 8.00. The largest absolute Gasteiger partial charge is 0.435 e. The van der Waals surface area contributed by atoms with Crippen LogP contribution in [0.3, 0.4) is 0 Å². The Morgan fingerprint density at radius 1 is 1.17 bits per heavy atom. The molecule has 29 heavy (non-hydrogen) atoms. The zero-order valence-electron chi connectivity index (χ0n) is 15.1. The van der Waals surface area contributed by atoms with Crippen molar-refractivity contribution >= 4 is 17.5 Å². The van der Waals surface area contributed by atoms with Crippen molar-refractivity contribution < 1.29 is 22.7 Å². The number of rotatable bonds is 5. The van der Waals surface area contributed by atoms with Crippen LogP contribution in [0.15, 0.2) is 53.7 Å². The Bertz CT molecular complexity index is 1040. The number of carbonyl (C=O) groups excluding carboxylic acids is 1. The summed E-state index contributed by atoms with van der Waals surface area (Å²) in [6.07, 6.45) is 0. The van der Waals surface area contributed by atoms with Crippen molar-refractivity contribution in [1.29, 1.82) is 0 Å². The van der Waals surface area contributed by atoms with Crippen LogP contribution < -0.4 is 10.2 Å². The normalized spacial score (nSPS) is 18.2. The molecule has 0 aliphatic carbocycles. The van der Waals surface area contributed by atoms with Gasteiger partial charge in [0.25, 0.3) is 0 Å². The van der Waals surface area contributed by atoms with Gasteiger partial charge >= 0.3 is 6.61 Å². The van der Waals surface area contributed by atoms with E-state index in [1.165, 1.54) is 42.1 Å². The van der Waals surface area contributed by atoms with Crippen LogP contribution in [-0.2, 0) is 0 Å². The molecular formula is C19H15F3N4O2S. The van der Waals surface area contributed by atoms with Crippen molar-refractivity contribution in [3.63, 3.8) is 0 Å². The molecule has 0 spiro atoms. The molecule has 1 aliphatic rings. The van der Waals surface area contributed by atoms with Gasteiger partial charge in [0.05, 0.1) is 6.04 Å². The van der Waals surface area contributed by atoms with Crippen LogP contribution in [0.2, 0.25) is 0 Å². The number of carbonyl (C=O) groups is 1. The van der Waals surface area contributed by atoms with Crippen LogP contribution in [0.1, 0.15) is 27.8 Å². The van der Waals surface area contributed by atoms with Crippen LogP contribution in [0.25, 0.3) is 0 Å². The second kappa shape index (κ2) is 7.78. The number of nitrogens with zero attached hydrogens (tertiary/aromatic N) is 3. The van der Waals surface area contributed by atoms with Gasteiger partial charge in [0.15, 0.2) is 5.78 Å². The summed E-state index contributed by atoms with van der Waals surface area (Å²) in [5.41, 5.74) is 3.74. The predicted molar refractivity (Wildman–Crippen MR) is 100 cm³/mol. The van der Waals surface area contributed by atoms with E-state index in [4.69, 9.17) is 0 Å². The molecule has 10 heteroatoms. The van der Waals surface area contributed by atoms with E-state index in [1.807, 2.05) is 0 Å². The minimum absolute atomic E-state index is 0.0491. The lowest BCUT2D eigenvalue weighted by Crippen LogP contribution is -2.39. The third-order valence-corrected chi connectivity index (χ3v) is 5.68. The SMILES string of the molecule is Cc1nnc2n1N[C@H](c1ccccc1F)[C@@H](C(=O)c1ccc(OC(F)F)cc1)S2. The van der Waals surface area contributed by atoms with Crippen molar-refractivity contribution in [3.8, 4) is 5.75 Å². The molecule has 1 N–H and O–H groups in total. The average Bonchev–Trinajstić information content (AvgIpc) is 3.07. The second-order valence-corrected chi connectivity index (χ2v) is 7.41. The summed E-state index contributed by atoms with van der Waals surface area (Å²) in [4.78, 5) is 13.2. The van der Waals surface area contributed by atoms with Crippen LogP contribution in [0, 0.1) is 12.7 Å². The molecule has 1 aromatic heterocycles. The summed E-state index contributed by atoms with van der Waals surface area (Å²) in [7, 11) is 0. The number of Topliss-reactive ketones (excluding diaryl/α,β-unsaturated/α-hetero) is 1. The zero-order chi connectivity index (χ0) is 20.5. The maximum atomic E-state index is 14.5.